The smallest absolute Gasteiger partial charge is 0.251 e. The monoisotopic (exact) mass is 335 g/mol. The van der Waals surface area contributed by atoms with Gasteiger partial charge in [0.2, 0.25) is 5.91 Å². The molecule has 2 rings (SSSR count). The summed E-state index contributed by atoms with van der Waals surface area (Å²) in [6.07, 6.45) is 0. The van der Waals surface area contributed by atoms with Crippen molar-refractivity contribution in [2.45, 2.75) is 0 Å². The molecule has 0 spiro atoms. The van der Waals surface area contributed by atoms with Crippen molar-refractivity contribution in [3.05, 3.63) is 58.9 Å². The second-order valence-electron chi connectivity index (χ2n) is 4.69. The lowest BCUT2D eigenvalue weighted by Gasteiger charge is -2.09. The van der Waals surface area contributed by atoms with Crippen molar-refractivity contribution in [3.8, 4) is 0 Å². The molecule has 0 aliphatic rings. The lowest BCUT2D eigenvalue weighted by atomic mass is 10.2. The summed E-state index contributed by atoms with van der Waals surface area (Å²) in [5.41, 5.74) is 1.64. The van der Waals surface area contributed by atoms with Gasteiger partial charge in [-0.3, -0.25) is 9.59 Å². The molecule has 120 valence electrons. The Bertz CT molecular complexity index is 720. The van der Waals surface area contributed by atoms with Gasteiger partial charge in [0.1, 0.15) is 5.82 Å². The molecule has 23 heavy (non-hydrogen) atoms. The number of rotatable bonds is 5. The summed E-state index contributed by atoms with van der Waals surface area (Å²) in [5.74, 6) is -1.02. The summed E-state index contributed by atoms with van der Waals surface area (Å²) in [4.78, 5) is 23.2. The maximum atomic E-state index is 13.0. The first-order valence-corrected chi connectivity index (χ1v) is 7.18. The van der Waals surface area contributed by atoms with Crippen LogP contribution in [0.4, 0.5) is 15.8 Å². The first-order chi connectivity index (χ1) is 11.0. The molecule has 0 radical (unpaired) electrons. The van der Waals surface area contributed by atoms with Crippen molar-refractivity contribution in [1.29, 1.82) is 0 Å². The number of halogens is 2. The third-order valence-corrected chi connectivity index (χ3v) is 3.32. The summed E-state index contributed by atoms with van der Waals surface area (Å²) >= 11 is 5.65. The average molecular weight is 336 g/mol. The molecular formula is C16H15ClFN3O2. The largest absolute Gasteiger partial charge is 0.376 e. The van der Waals surface area contributed by atoms with E-state index in [1.54, 1.807) is 31.3 Å². The van der Waals surface area contributed by atoms with E-state index in [0.717, 1.165) is 0 Å². The van der Waals surface area contributed by atoms with Gasteiger partial charge < -0.3 is 16.0 Å². The third-order valence-electron chi connectivity index (χ3n) is 3.03. The van der Waals surface area contributed by atoms with Gasteiger partial charge in [-0.15, -0.1) is 0 Å². The topological polar surface area (TPSA) is 70.2 Å². The molecule has 0 fully saturated rings. The van der Waals surface area contributed by atoms with Crippen LogP contribution in [-0.2, 0) is 4.79 Å². The highest BCUT2D eigenvalue weighted by Gasteiger charge is 2.06. The van der Waals surface area contributed by atoms with Crippen LogP contribution in [0.5, 0.6) is 0 Å². The Morgan fingerprint density at radius 2 is 1.74 bits per heavy atom. The van der Waals surface area contributed by atoms with Crippen molar-refractivity contribution in [3.63, 3.8) is 0 Å². The summed E-state index contributed by atoms with van der Waals surface area (Å²) in [7, 11) is 1.56. The Balaban J connectivity index is 1.88. The molecule has 0 unspecified atom stereocenters. The number of carbonyl (C=O) groups is 2. The first-order valence-electron chi connectivity index (χ1n) is 6.80. The molecular weight excluding hydrogens is 321 g/mol. The van der Waals surface area contributed by atoms with Crippen molar-refractivity contribution in [2.24, 2.45) is 0 Å². The summed E-state index contributed by atoms with van der Waals surface area (Å²) in [5, 5.41) is 8.00. The molecule has 0 aliphatic carbocycles. The van der Waals surface area contributed by atoms with E-state index in [0.29, 0.717) is 16.9 Å². The van der Waals surface area contributed by atoms with Gasteiger partial charge in [0.25, 0.3) is 5.91 Å². The van der Waals surface area contributed by atoms with E-state index in [1.807, 2.05) is 0 Å². The van der Waals surface area contributed by atoms with Crippen LogP contribution in [0.15, 0.2) is 42.5 Å². The normalized spacial score (nSPS) is 10.0. The zero-order chi connectivity index (χ0) is 16.8. The SMILES string of the molecule is CNC(=O)c1ccc(NCC(=O)Nc2ccc(F)c(Cl)c2)cc1. The molecule has 0 heterocycles. The Hall–Kier alpha value is -2.60. The summed E-state index contributed by atoms with van der Waals surface area (Å²) < 4.78 is 13.0. The summed E-state index contributed by atoms with van der Waals surface area (Å²) in [6.45, 7) is 0.0221. The van der Waals surface area contributed by atoms with E-state index >= 15 is 0 Å². The minimum absolute atomic E-state index is 0.0221. The maximum Gasteiger partial charge on any atom is 0.251 e. The Morgan fingerprint density at radius 3 is 2.35 bits per heavy atom. The van der Waals surface area contributed by atoms with Gasteiger partial charge in [0.15, 0.2) is 0 Å². The van der Waals surface area contributed by atoms with E-state index in [9.17, 15) is 14.0 Å². The van der Waals surface area contributed by atoms with Crippen molar-refractivity contribution < 1.29 is 14.0 Å². The number of hydrogen-bond donors (Lipinski definition) is 3. The van der Waals surface area contributed by atoms with E-state index in [-0.39, 0.29) is 23.4 Å². The fraction of sp³-hybridized carbons (Fsp3) is 0.125. The van der Waals surface area contributed by atoms with Crippen LogP contribution >= 0.6 is 11.6 Å². The van der Waals surface area contributed by atoms with Gasteiger partial charge in [-0.05, 0) is 42.5 Å². The van der Waals surface area contributed by atoms with Crippen molar-refractivity contribution in [1.82, 2.24) is 5.32 Å². The fourth-order valence-corrected chi connectivity index (χ4v) is 2.03. The molecule has 3 N–H and O–H groups in total. The first kappa shape index (κ1) is 16.8. The molecule has 0 atom stereocenters. The molecule has 0 aromatic heterocycles. The highest BCUT2D eigenvalue weighted by molar-refractivity contribution is 6.31. The minimum atomic E-state index is -0.543. The second kappa shape index (κ2) is 7.60. The zero-order valence-corrected chi connectivity index (χ0v) is 13.1. The molecule has 2 aromatic rings. The van der Waals surface area contributed by atoms with Gasteiger partial charge in [-0.2, -0.15) is 0 Å². The standard InChI is InChI=1S/C16H15ClFN3O2/c1-19-16(23)10-2-4-11(5-3-10)20-9-15(22)21-12-6-7-14(18)13(17)8-12/h2-8,20H,9H2,1H3,(H,19,23)(H,21,22). The predicted molar refractivity (Wildman–Crippen MR) is 88.4 cm³/mol. The van der Waals surface area contributed by atoms with Gasteiger partial charge in [0.05, 0.1) is 11.6 Å². The lowest BCUT2D eigenvalue weighted by Crippen LogP contribution is -2.22. The number of benzene rings is 2. The molecule has 7 heteroatoms. The van der Waals surface area contributed by atoms with E-state index in [4.69, 9.17) is 11.6 Å². The Kier molecular flexibility index (Phi) is 5.54. The number of carbonyl (C=O) groups excluding carboxylic acids is 2. The van der Waals surface area contributed by atoms with Crippen LogP contribution in [0.3, 0.4) is 0 Å². The molecule has 0 saturated carbocycles. The maximum absolute atomic E-state index is 13.0. The number of anilines is 2. The van der Waals surface area contributed by atoms with E-state index < -0.39 is 5.82 Å². The van der Waals surface area contributed by atoms with Gasteiger partial charge in [-0.1, -0.05) is 11.6 Å². The fourth-order valence-electron chi connectivity index (χ4n) is 1.85. The van der Waals surface area contributed by atoms with Crippen molar-refractivity contribution >= 4 is 34.8 Å². The third kappa shape index (κ3) is 4.69. The number of hydrogen-bond acceptors (Lipinski definition) is 3. The Morgan fingerprint density at radius 1 is 1.09 bits per heavy atom. The molecule has 2 aromatic carbocycles. The van der Waals surface area contributed by atoms with E-state index in [2.05, 4.69) is 16.0 Å². The minimum Gasteiger partial charge on any atom is -0.376 e. The molecule has 5 nitrogen and oxygen atoms in total. The Labute approximate surface area is 137 Å². The van der Waals surface area contributed by atoms with E-state index in [1.165, 1.54) is 18.2 Å². The summed E-state index contributed by atoms with van der Waals surface area (Å²) in [6, 6.07) is 10.7. The number of nitrogens with one attached hydrogen (secondary N) is 3. The molecule has 0 aliphatic heterocycles. The molecule has 0 bridgehead atoms. The van der Waals surface area contributed by atoms with Crippen LogP contribution in [-0.4, -0.2) is 25.4 Å². The van der Waals surface area contributed by atoms with Crippen LogP contribution in [0.25, 0.3) is 0 Å². The van der Waals surface area contributed by atoms with Gasteiger partial charge in [-0.25, -0.2) is 4.39 Å². The molecule has 2 amide bonds. The van der Waals surface area contributed by atoms with Crippen LogP contribution < -0.4 is 16.0 Å². The highest BCUT2D eigenvalue weighted by atomic mass is 35.5. The number of amides is 2. The van der Waals surface area contributed by atoms with Crippen LogP contribution in [0.2, 0.25) is 5.02 Å². The van der Waals surface area contributed by atoms with Crippen LogP contribution in [0, 0.1) is 5.82 Å². The molecule has 0 saturated heterocycles. The van der Waals surface area contributed by atoms with Gasteiger partial charge >= 0.3 is 0 Å². The van der Waals surface area contributed by atoms with Crippen LogP contribution in [0.1, 0.15) is 10.4 Å². The van der Waals surface area contributed by atoms with Crippen molar-refractivity contribution in [2.75, 3.05) is 24.2 Å². The second-order valence-corrected chi connectivity index (χ2v) is 5.09. The predicted octanol–water partition coefficient (Wildman–Crippen LogP) is 2.89. The average Bonchev–Trinajstić information content (AvgIpc) is 2.56. The zero-order valence-electron chi connectivity index (χ0n) is 12.3. The highest BCUT2D eigenvalue weighted by Crippen LogP contribution is 2.19. The quantitative estimate of drug-likeness (QED) is 0.787. The van der Waals surface area contributed by atoms with Gasteiger partial charge in [0, 0.05) is 24.0 Å². The lowest BCUT2D eigenvalue weighted by molar-refractivity contribution is -0.114.